The van der Waals surface area contributed by atoms with Gasteiger partial charge in [0.15, 0.2) is 0 Å². The van der Waals surface area contributed by atoms with Gasteiger partial charge in [0.1, 0.15) is 0 Å². The third kappa shape index (κ3) is 6.57. The molecule has 0 aromatic heterocycles. The van der Waals surface area contributed by atoms with Crippen LogP contribution < -0.4 is 16.2 Å². The lowest BCUT2D eigenvalue weighted by molar-refractivity contribution is -0.115. The number of hydrazine groups is 1. The first kappa shape index (κ1) is 20.7. The molecule has 0 aliphatic heterocycles. The molecule has 142 valence electrons. The quantitative estimate of drug-likeness (QED) is 0.590. The number of hydrogen-bond donors (Lipinski definition) is 3. The van der Waals surface area contributed by atoms with Crippen LogP contribution >= 0.6 is 15.9 Å². The van der Waals surface area contributed by atoms with Gasteiger partial charge < -0.3 is 10.7 Å². The van der Waals surface area contributed by atoms with Crippen molar-refractivity contribution in [3.8, 4) is 0 Å². The zero-order chi connectivity index (χ0) is 20.0. The fraction of sp³-hybridized carbons (Fsp3) is 0.238. The molecule has 27 heavy (non-hydrogen) atoms. The first-order chi connectivity index (χ1) is 12.6. The van der Waals surface area contributed by atoms with E-state index in [1.807, 2.05) is 24.3 Å². The number of rotatable bonds is 6. The molecule has 0 radical (unpaired) electrons. The van der Waals surface area contributed by atoms with E-state index in [4.69, 9.17) is 0 Å². The SMILES string of the molecule is C=C(CC(=O)Nc1ccc(Br)cc1)NNC(=O)c1ccc(C(C)(C)C)cc1. The minimum atomic E-state index is -0.287. The number of anilines is 1. The summed E-state index contributed by atoms with van der Waals surface area (Å²) in [5, 5.41) is 2.77. The van der Waals surface area contributed by atoms with Crippen LogP contribution in [0.4, 0.5) is 5.69 Å². The summed E-state index contributed by atoms with van der Waals surface area (Å²) in [5.74, 6) is -0.511. The Hall–Kier alpha value is -2.60. The van der Waals surface area contributed by atoms with Crippen LogP contribution in [-0.4, -0.2) is 11.8 Å². The lowest BCUT2D eigenvalue weighted by Gasteiger charge is -2.19. The molecule has 0 unspecified atom stereocenters. The molecule has 0 saturated carbocycles. The van der Waals surface area contributed by atoms with Crippen LogP contribution in [0.25, 0.3) is 0 Å². The zero-order valence-corrected chi connectivity index (χ0v) is 17.3. The highest BCUT2D eigenvalue weighted by atomic mass is 79.9. The summed E-state index contributed by atoms with van der Waals surface area (Å²) in [6.07, 6.45) is 0.0410. The smallest absolute Gasteiger partial charge is 0.269 e. The summed E-state index contributed by atoms with van der Waals surface area (Å²) < 4.78 is 0.935. The Kier molecular flexibility index (Phi) is 6.80. The van der Waals surface area contributed by atoms with Gasteiger partial charge in [-0.15, -0.1) is 0 Å². The Labute approximate surface area is 168 Å². The maximum Gasteiger partial charge on any atom is 0.269 e. The van der Waals surface area contributed by atoms with Crippen molar-refractivity contribution in [2.45, 2.75) is 32.6 Å². The molecule has 2 rings (SSSR count). The molecule has 0 saturated heterocycles. The van der Waals surface area contributed by atoms with Crippen LogP contribution in [0.2, 0.25) is 0 Å². The first-order valence-electron chi connectivity index (χ1n) is 8.55. The van der Waals surface area contributed by atoms with Crippen molar-refractivity contribution in [3.05, 3.63) is 76.4 Å². The number of halogens is 1. The van der Waals surface area contributed by atoms with Crippen LogP contribution in [0.3, 0.4) is 0 Å². The lowest BCUT2D eigenvalue weighted by Crippen LogP contribution is -2.37. The van der Waals surface area contributed by atoms with Gasteiger partial charge >= 0.3 is 0 Å². The lowest BCUT2D eigenvalue weighted by atomic mass is 9.87. The highest BCUT2D eigenvalue weighted by molar-refractivity contribution is 9.10. The molecule has 2 aromatic carbocycles. The normalized spacial score (nSPS) is 10.8. The van der Waals surface area contributed by atoms with E-state index in [1.54, 1.807) is 24.3 Å². The molecule has 0 atom stereocenters. The van der Waals surface area contributed by atoms with Crippen molar-refractivity contribution in [3.63, 3.8) is 0 Å². The van der Waals surface area contributed by atoms with E-state index in [2.05, 4.69) is 59.4 Å². The first-order valence-corrected chi connectivity index (χ1v) is 9.34. The largest absolute Gasteiger partial charge is 0.326 e. The average molecular weight is 430 g/mol. The Balaban J connectivity index is 1.81. The molecule has 0 bridgehead atoms. The molecule has 5 nitrogen and oxygen atoms in total. The summed E-state index contributed by atoms with van der Waals surface area (Å²) in [6.45, 7) is 10.1. The number of benzene rings is 2. The predicted octanol–water partition coefficient (Wildman–Crippen LogP) is 4.52. The third-order valence-electron chi connectivity index (χ3n) is 3.87. The standard InChI is InChI=1S/C21H24BrN3O2/c1-14(13-19(26)23-18-11-9-17(22)10-12-18)24-25-20(27)15-5-7-16(8-6-15)21(2,3)4/h5-12,24H,1,13H2,2-4H3,(H,23,26)(H,25,27). The van der Waals surface area contributed by atoms with Gasteiger partial charge in [-0.1, -0.05) is 55.4 Å². The van der Waals surface area contributed by atoms with E-state index in [-0.39, 0.29) is 23.7 Å². The van der Waals surface area contributed by atoms with Crippen molar-refractivity contribution in [1.29, 1.82) is 0 Å². The van der Waals surface area contributed by atoms with Crippen molar-refractivity contribution in [2.24, 2.45) is 0 Å². The molecule has 2 aromatic rings. The van der Waals surface area contributed by atoms with E-state index in [1.165, 1.54) is 0 Å². The topological polar surface area (TPSA) is 70.2 Å². The second-order valence-electron chi connectivity index (χ2n) is 7.24. The molecule has 0 spiro atoms. The fourth-order valence-electron chi connectivity index (χ4n) is 2.32. The van der Waals surface area contributed by atoms with Crippen molar-refractivity contribution in [1.82, 2.24) is 10.9 Å². The number of carbonyl (C=O) groups excluding carboxylic acids is 2. The predicted molar refractivity (Wildman–Crippen MR) is 112 cm³/mol. The van der Waals surface area contributed by atoms with Crippen molar-refractivity contribution in [2.75, 3.05) is 5.32 Å². The Morgan fingerprint density at radius 3 is 2.11 bits per heavy atom. The number of carbonyl (C=O) groups is 2. The van der Waals surface area contributed by atoms with Gasteiger partial charge in [0.2, 0.25) is 5.91 Å². The molecule has 0 aliphatic carbocycles. The Bertz CT molecular complexity index is 822. The number of amides is 2. The highest BCUT2D eigenvalue weighted by Crippen LogP contribution is 2.22. The summed E-state index contributed by atoms with van der Waals surface area (Å²) in [7, 11) is 0. The number of nitrogens with one attached hydrogen (secondary N) is 3. The summed E-state index contributed by atoms with van der Waals surface area (Å²) in [6, 6.07) is 14.7. The zero-order valence-electron chi connectivity index (χ0n) is 15.7. The fourth-order valence-corrected chi connectivity index (χ4v) is 2.58. The van der Waals surface area contributed by atoms with Crippen LogP contribution in [0, 0.1) is 0 Å². The van der Waals surface area contributed by atoms with Gasteiger partial charge in [-0.05, 0) is 47.4 Å². The molecular formula is C21H24BrN3O2. The minimum absolute atomic E-state index is 0.0315. The maximum absolute atomic E-state index is 12.2. The van der Waals surface area contributed by atoms with Gasteiger partial charge in [0.05, 0.1) is 6.42 Å². The second-order valence-corrected chi connectivity index (χ2v) is 8.16. The molecule has 0 fully saturated rings. The summed E-state index contributed by atoms with van der Waals surface area (Å²) in [5.41, 5.74) is 8.05. The summed E-state index contributed by atoms with van der Waals surface area (Å²) in [4.78, 5) is 24.2. The van der Waals surface area contributed by atoms with E-state index in [0.717, 1.165) is 10.0 Å². The average Bonchev–Trinajstić information content (AvgIpc) is 2.61. The van der Waals surface area contributed by atoms with Crippen LogP contribution in [0.5, 0.6) is 0 Å². The van der Waals surface area contributed by atoms with E-state index >= 15 is 0 Å². The summed E-state index contributed by atoms with van der Waals surface area (Å²) >= 11 is 3.34. The maximum atomic E-state index is 12.2. The molecule has 0 aliphatic rings. The van der Waals surface area contributed by atoms with E-state index in [9.17, 15) is 9.59 Å². The Morgan fingerprint density at radius 1 is 0.963 bits per heavy atom. The van der Waals surface area contributed by atoms with Gasteiger partial charge in [0, 0.05) is 21.4 Å². The number of hydrogen-bond acceptors (Lipinski definition) is 3. The van der Waals surface area contributed by atoms with Crippen LogP contribution in [0.15, 0.2) is 65.3 Å². The van der Waals surface area contributed by atoms with E-state index in [0.29, 0.717) is 16.9 Å². The molecule has 3 N–H and O–H groups in total. The van der Waals surface area contributed by atoms with Crippen molar-refractivity contribution < 1.29 is 9.59 Å². The van der Waals surface area contributed by atoms with E-state index < -0.39 is 0 Å². The van der Waals surface area contributed by atoms with Crippen LogP contribution in [-0.2, 0) is 10.2 Å². The third-order valence-corrected chi connectivity index (χ3v) is 4.40. The minimum Gasteiger partial charge on any atom is -0.326 e. The van der Waals surface area contributed by atoms with Gasteiger partial charge in [-0.25, -0.2) is 0 Å². The van der Waals surface area contributed by atoms with Gasteiger partial charge in [-0.2, -0.15) is 0 Å². The molecule has 6 heteroatoms. The second kappa shape index (κ2) is 8.86. The molecule has 2 amide bonds. The van der Waals surface area contributed by atoms with Gasteiger partial charge in [-0.3, -0.25) is 15.0 Å². The highest BCUT2D eigenvalue weighted by Gasteiger charge is 2.14. The molecular weight excluding hydrogens is 406 g/mol. The van der Waals surface area contributed by atoms with Gasteiger partial charge in [0.25, 0.3) is 5.91 Å². The molecule has 0 heterocycles. The Morgan fingerprint density at radius 2 is 1.56 bits per heavy atom. The van der Waals surface area contributed by atoms with Crippen LogP contribution in [0.1, 0.15) is 43.1 Å². The van der Waals surface area contributed by atoms with Crippen molar-refractivity contribution >= 4 is 33.4 Å². The monoisotopic (exact) mass is 429 g/mol.